The van der Waals surface area contributed by atoms with E-state index in [4.69, 9.17) is 0 Å². The smallest absolute Gasteiger partial charge is 0.0489 e. The van der Waals surface area contributed by atoms with Crippen LogP contribution in [0.15, 0.2) is 48.8 Å². The summed E-state index contributed by atoms with van der Waals surface area (Å²) >= 11 is 0. The Hall–Kier alpha value is -1.61. The van der Waals surface area contributed by atoms with Crippen molar-refractivity contribution in [3.05, 3.63) is 54.4 Å². The van der Waals surface area contributed by atoms with E-state index < -0.39 is 0 Å². The molecule has 1 atom stereocenters. The van der Waals surface area contributed by atoms with Gasteiger partial charge in [-0.3, -0.25) is 4.68 Å². The fourth-order valence-electron chi connectivity index (χ4n) is 2.13. The molecule has 0 bridgehead atoms. The molecule has 0 saturated heterocycles. The van der Waals surface area contributed by atoms with Crippen molar-refractivity contribution in [2.75, 3.05) is 6.54 Å². The Morgan fingerprint density at radius 2 is 2.06 bits per heavy atom. The summed E-state index contributed by atoms with van der Waals surface area (Å²) in [5.74, 6) is 0. The number of hydrogen-bond donors (Lipinski definition) is 1. The van der Waals surface area contributed by atoms with Gasteiger partial charge in [0.2, 0.25) is 0 Å². The third kappa shape index (κ3) is 3.70. The summed E-state index contributed by atoms with van der Waals surface area (Å²) in [4.78, 5) is 0. The standard InChI is InChI=1S/C15H21N3/c1-2-15(14-8-4-3-5-9-14)16-10-6-12-18-13-7-11-17-18/h3-5,7-9,11,13,15-16H,2,6,10,12H2,1H3. The summed E-state index contributed by atoms with van der Waals surface area (Å²) in [6, 6.07) is 13.1. The molecule has 1 N–H and O–H groups in total. The lowest BCUT2D eigenvalue weighted by Crippen LogP contribution is -2.22. The number of rotatable bonds is 7. The van der Waals surface area contributed by atoms with Gasteiger partial charge in [0.15, 0.2) is 0 Å². The van der Waals surface area contributed by atoms with Gasteiger partial charge in [0.25, 0.3) is 0 Å². The zero-order chi connectivity index (χ0) is 12.6. The number of benzene rings is 1. The fraction of sp³-hybridized carbons (Fsp3) is 0.400. The van der Waals surface area contributed by atoms with Crippen LogP contribution >= 0.6 is 0 Å². The maximum atomic E-state index is 4.20. The van der Waals surface area contributed by atoms with E-state index in [1.54, 1.807) is 0 Å². The van der Waals surface area contributed by atoms with Crippen LogP contribution in [0.1, 0.15) is 31.4 Å². The molecule has 0 aliphatic rings. The van der Waals surface area contributed by atoms with Crippen molar-refractivity contribution in [1.29, 1.82) is 0 Å². The van der Waals surface area contributed by atoms with Gasteiger partial charge in [0.1, 0.15) is 0 Å². The number of nitrogens with one attached hydrogen (secondary N) is 1. The molecular formula is C15H21N3. The average Bonchev–Trinajstić information content (AvgIpc) is 2.93. The lowest BCUT2D eigenvalue weighted by molar-refractivity contribution is 0.479. The molecule has 1 heterocycles. The first-order chi connectivity index (χ1) is 8.90. The largest absolute Gasteiger partial charge is 0.310 e. The Bertz CT molecular complexity index is 422. The Morgan fingerprint density at radius 1 is 1.22 bits per heavy atom. The van der Waals surface area contributed by atoms with Crippen molar-refractivity contribution >= 4 is 0 Å². The van der Waals surface area contributed by atoms with Gasteiger partial charge in [-0.25, -0.2) is 0 Å². The first kappa shape index (κ1) is 12.8. The van der Waals surface area contributed by atoms with Gasteiger partial charge in [-0.15, -0.1) is 0 Å². The molecule has 0 radical (unpaired) electrons. The molecule has 1 aromatic carbocycles. The quantitative estimate of drug-likeness (QED) is 0.758. The summed E-state index contributed by atoms with van der Waals surface area (Å²) in [6.07, 6.45) is 6.05. The zero-order valence-corrected chi connectivity index (χ0v) is 10.9. The van der Waals surface area contributed by atoms with Gasteiger partial charge in [0, 0.05) is 25.0 Å². The summed E-state index contributed by atoms with van der Waals surface area (Å²) < 4.78 is 1.98. The molecule has 96 valence electrons. The minimum Gasteiger partial charge on any atom is -0.310 e. The van der Waals surface area contributed by atoms with Crippen molar-refractivity contribution < 1.29 is 0 Å². The van der Waals surface area contributed by atoms with Crippen LogP contribution < -0.4 is 5.32 Å². The van der Waals surface area contributed by atoms with E-state index in [0.717, 1.165) is 25.9 Å². The topological polar surface area (TPSA) is 29.9 Å². The third-order valence-electron chi connectivity index (χ3n) is 3.12. The summed E-state index contributed by atoms with van der Waals surface area (Å²) in [7, 11) is 0. The van der Waals surface area contributed by atoms with Crippen molar-refractivity contribution in [2.45, 2.75) is 32.4 Å². The van der Waals surface area contributed by atoms with Gasteiger partial charge >= 0.3 is 0 Å². The lowest BCUT2D eigenvalue weighted by Gasteiger charge is -2.17. The van der Waals surface area contributed by atoms with Crippen molar-refractivity contribution in [3.8, 4) is 0 Å². The molecule has 0 spiro atoms. The van der Waals surface area contributed by atoms with Gasteiger partial charge in [-0.05, 0) is 31.0 Å². The predicted octanol–water partition coefficient (Wildman–Crippen LogP) is 3.01. The molecule has 3 heteroatoms. The van der Waals surface area contributed by atoms with Crippen LogP contribution in [0, 0.1) is 0 Å². The zero-order valence-electron chi connectivity index (χ0n) is 10.9. The van der Waals surface area contributed by atoms with Crippen molar-refractivity contribution in [1.82, 2.24) is 15.1 Å². The second-order valence-corrected chi connectivity index (χ2v) is 4.45. The number of aromatic nitrogens is 2. The highest BCUT2D eigenvalue weighted by atomic mass is 15.3. The summed E-state index contributed by atoms with van der Waals surface area (Å²) in [5, 5.41) is 7.81. The van der Waals surface area contributed by atoms with Crippen LogP contribution in [-0.2, 0) is 6.54 Å². The van der Waals surface area contributed by atoms with Crippen LogP contribution in [0.3, 0.4) is 0 Å². The SMILES string of the molecule is CCC(NCCCn1cccn1)c1ccccc1. The first-order valence-corrected chi connectivity index (χ1v) is 6.66. The normalized spacial score (nSPS) is 12.5. The summed E-state index contributed by atoms with van der Waals surface area (Å²) in [6.45, 7) is 4.22. The van der Waals surface area contributed by atoms with E-state index in [0.29, 0.717) is 6.04 Å². The molecule has 2 aromatic rings. The maximum Gasteiger partial charge on any atom is 0.0489 e. The van der Waals surface area contributed by atoms with E-state index in [2.05, 4.69) is 47.7 Å². The minimum absolute atomic E-state index is 0.462. The van der Waals surface area contributed by atoms with Gasteiger partial charge in [-0.2, -0.15) is 5.10 Å². The molecule has 2 rings (SSSR count). The van der Waals surface area contributed by atoms with Crippen LogP contribution in [0.4, 0.5) is 0 Å². The highest BCUT2D eigenvalue weighted by Crippen LogP contribution is 2.15. The van der Waals surface area contributed by atoms with E-state index in [-0.39, 0.29) is 0 Å². The molecule has 3 nitrogen and oxygen atoms in total. The second kappa shape index (κ2) is 6.97. The van der Waals surface area contributed by atoms with Gasteiger partial charge < -0.3 is 5.32 Å². The lowest BCUT2D eigenvalue weighted by atomic mass is 10.0. The molecular weight excluding hydrogens is 222 g/mol. The van der Waals surface area contributed by atoms with E-state index in [1.807, 2.05) is 23.1 Å². The molecule has 1 unspecified atom stereocenters. The van der Waals surface area contributed by atoms with E-state index in [9.17, 15) is 0 Å². The van der Waals surface area contributed by atoms with Crippen LogP contribution in [0.25, 0.3) is 0 Å². The van der Waals surface area contributed by atoms with Crippen LogP contribution in [0.2, 0.25) is 0 Å². The second-order valence-electron chi connectivity index (χ2n) is 4.45. The number of hydrogen-bond acceptors (Lipinski definition) is 2. The Morgan fingerprint density at radius 3 is 2.72 bits per heavy atom. The predicted molar refractivity (Wildman–Crippen MR) is 74.3 cm³/mol. The molecule has 0 saturated carbocycles. The summed E-state index contributed by atoms with van der Waals surface area (Å²) in [5.41, 5.74) is 1.37. The van der Waals surface area contributed by atoms with Crippen LogP contribution in [-0.4, -0.2) is 16.3 Å². The molecule has 0 aliphatic carbocycles. The Balaban J connectivity index is 1.74. The molecule has 1 aromatic heterocycles. The Labute approximate surface area is 109 Å². The number of aryl methyl sites for hydroxylation is 1. The average molecular weight is 243 g/mol. The first-order valence-electron chi connectivity index (χ1n) is 6.66. The van der Waals surface area contributed by atoms with Gasteiger partial charge in [0.05, 0.1) is 0 Å². The highest BCUT2D eigenvalue weighted by molar-refractivity contribution is 5.18. The fourth-order valence-corrected chi connectivity index (χ4v) is 2.13. The van der Waals surface area contributed by atoms with Gasteiger partial charge in [-0.1, -0.05) is 37.3 Å². The third-order valence-corrected chi connectivity index (χ3v) is 3.12. The molecule has 0 aliphatic heterocycles. The maximum absolute atomic E-state index is 4.20. The van der Waals surface area contributed by atoms with Crippen molar-refractivity contribution in [3.63, 3.8) is 0 Å². The molecule has 18 heavy (non-hydrogen) atoms. The Kier molecular flexibility index (Phi) is 4.97. The molecule has 0 amide bonds. The monoisotopic (exact) mass is 243 g/mol. The van der Waals surface area contributed by atoms with E-state index >= 15 is 0 Å². The minimum atomic E-state index is 0.462. The highest BCUT2D eigenvalue weighted by Gasteiger charge is 2.06. The van der Waals surface area contributed by atoms with Crippen LogP contribution in [0.5, 0.6) is 0 Å². The molecule has 0 fully saturated rings. The van der Waals surface area contributed by atoms with E-state index in [1.165, 1.54) is 5.56 Å². The van der Waals surface area contributed by atoms with Crippen molar-refractivity contribution in [2.24, 2.45) is 0 Å². The number of nitrogens with zero attached hydrogens (tertiary/aromatic N) is 2.